The second kappa shape index (κ2) is 8.31. The summed E-state index contributed by atoms with van der Waals surface area (Å²) >= 11 is 5.54. The van der Waals surface area contributed by atoms with E-state index in [0.29, 0.717) is 18.1 Å². The zero-order valence-corrected chi connectivity index (χ0v) is 12.2. The van der Waals surface area contributed by atoms with E-state index < -0.39 is 5.97 Å². The minimum atomic E-state index is -0.612. The lowest BCUT2D eigenvalue weighted by molar-refractivity contribution is -0.116. The SMILES string of the molecule is CCOC(=O)c1ncnc(NC)c1NC(=O)CCCCl. The van der Waals surface area contributed by atoms with Gasteiger partial charge in [-0.05, 0) is 13.3 Å². The van der Waals surface area contributed by atoms with Gasteiger partial charge in [-0.15, -0.1) is 11.6 Å². The zero-order chi connectivity index (χ0) is 15.0. The fourth-order valence-electron chi connectivity index (χ4n) is 1.48. The van der Waals surface area contributed by atoms with E-state index >= 15 is 0 Å². The normalized spacial score (nSPS) is 9.95. The molecule has 0 aromatic carbocycles. The number of halogens is 1. The van der Waals surface area contributed by atoms with Gasteiger partial charge in [0.2, 0.25) is 5.91 Å². The Hall–Kier alpha value is -1.89. The van der Waals surface area contributed by atoms with Gasteiger partial charge in [0.15, 0.2) is 11.5 Å². The second-order valence-corrected chi connectivity index (χ2v) is 4.14. The maximum Gasteiger partial charge on any atom is 0.359 e. The summed E-state index contributed by atoms with van der Waals surface area (Å²) < 4.78 is 4.90. The molecule has 0 atom stereocenters. The predicted molar refractivity (Wildman–Crippen MR) is 76.1 cm³/mol. The number of aromatic nitrogens is 2. The first kappa shape index (κ1) is 16.2. The van der Waals surface area contributed by atoms with Crippen LogP contribution in [0.3, 0.4) is 0 Å². The summed E-state index contributed by atoms with van der Waals surface area (Å²) in [6.45, 7) is 1.91. The number of anilines is 2. The molecule has 1 aromatic rings. The van der Waals surface area contributed by atoms with E-state index in [4.69, 9.17) is 16.3 Å². The Morgan fingerprint density at radius 3 is 2.75 bits per heavy atom. The van der Waals surface area contributed by atoms with Crippen molar-refractivity contribution in [2.24, 2.45) is 0 Å². The Bertz CT molecular complexity index is 482. The molecule has 0 aliphatic heterocycles. The van der Waals surface area contributed by atoms with Gasteiger partial charge in [0.1, 0.15) is 12.0 Å². The van der Waals surface area contributed by atoms with E-state index in [-0.39, 0.29) is 30.3 Å². The molecular formula is C12H17ClN4O3. The Kier molecular flexibility index (Phi) is 6.72. The van der Waals surface area contributed by atoms with Gasteiger partial charge >= 0.3 is 5.97 Å². The third kappa shape index (κ3) is 4.34. The maximum atomic E-state index is 11.8. The molecule has 0 saturated carbocycles. The lowest BCUT2D eigenvalue weighted by atomic mass is 10.2. The molecule has 0 saturated heterocycles. The summed E-state index contributed by atoms with van der Waals surface area (Å²) in [6, 6.07) is 0. The summed E-state index contributed by atoms with van der Waals surface area (Å²) in [6.07, 6.45) is 2.03. The molecule has 0 bridgehead atoms. The van der Waals surface area contributed by atoms with Crippen molar-refractivity contribution in [3.05, 3.63) is 12.0 Å². The first-order chi connectivity index (χ1) is 9.63. The minimum absolute atomic E-state index is 0.0189. The van der Waals surface area contributed by atoms with Crippen LogP contribution in [0.2, 0.25) is 0 Å². The molecule has 1 amide bonds. The van der Waals surface area contributed by atoms with Crippen molar-refractivity contribution >= 4 is 35.0 Å². The van der Waals surface area contributed by atoms with Crippen molar-refractivity contribution in [2.75, 3.05) is 30.2 Å². The van der Waals surface area contributed by atoms with Crippen LogP contribution in [0.15, 0.2) is 6.33 Å². The standard InChI is InChI=1S/C12H17ClN4O3/c1-3-20-12(19)10-9(11(14-2)16-7-15-10)17-8(18)5-4-6-13/h7H,3-6H2,1-2H3,(H,17,18)(H,14,15,16). The van der Waals surface area contributed by atoms with E-state index in [2.05, 4.69) is 20.6 Å². The molecule has 0 radical (unpaired) electrons. The number of hydrogen-bond acceptors (Lipinski definition) is 6. The smallest absolute Gasteiger partial charge is 0.359 e. The van der Waals surface area contributed by atoms with Crippen molar-refractivity contribution in [3.8, 4) is 0 Å². The Morgan fingerprint density at radius 1 is 1.40 bits per heavy atom. The highest BCUT2D eigenvalue weighted by Crippen LogP contribution is 2.22. The van der Waals surface area contributed by atoms with Crippen LogP contribution in [0.25, 0.3) is 0 Å². The van der Waals surface area contributed by atoms with Crippen LogP contribution >= 0.6 is 11.6 Å². The summed E-state index contributed by atoms with van der Waals surface area (Å²) in [4.78, 5) is 31.4. The highest BCUT2D eigenvalue weighted by molar-refractivity contribution is 6.18. The second-order valence-electron chi connectivity index (χ2n) is 3.76. The van der Waals surface area contributed by atoms with Gasteiger partial charge in [-0.3, -0.25) is 4.79 Å². The molecule has 0 unspecified atom stereocenters. The van der Waals surface area contributed by atoms with Crippen molar-refractivity contribution in [1.82, 2.24) is 9.97 Å². The lowest BCUT2D eigenvalue weighted by Gasteiger charge is -2.12. The van der Waals surface area contributed by atoms with Crippen molar-refractivity contribution in [3.63, 3.8) is 0 Å². The lowest BCUT2D eigenvalue weighted by Crippen LogP contribution is -2.19. The number of nitrogens with one attached hydrogen (secondary N) is 2. The van der Waals surface area contributed by atoms with Crippen molar-refractivity contribution < 1.29 is 14.3 Å². The molecule has 0 spiro atoms. The van der Waals surface area contributed by atoms with Crippen LogP contribution in [0.4, 0.5) is 11.5 Å². The van der Waals surface area contributed by atoms with Crippen molar-refractivity contribution in [1.29, 1.82) is 0 Å². The summed E-state index contributed by atoms with van der Waals surface area (Å²) in [5.41, 5.74) is 0.235. The quantitative estimate of drug-likeness (QED) is 0.587. The fourth-order valence-corrected chi connectivity index (χ4v) is 1.61. The number of ether oxygens (including phenoxy) is 1. The molecule has 2 N–H and O–H groups in total. The van der Waals surface area contributed by atoms with Crippen LogP contribution in [0.1, 0.15) is 30.3 Å². The number of nitrogens with zero attached hydrogens (tertiary/aromatic N) is 2. The number of alkyl halides is 1. The highest BCUT2D eigenvalue weighted by Gasteiger charge is 2.20. The minimum Gasteiger partial charge on any atom is -0.461 e. The molecule has 20 heavy (non-hydrogen) atoms. The van der Waals surface area contributed by atoms with E-state index in [1.54, 1.807) is 14.0 Å². The van der Waals surface area contributed by atoms with Gasteiger partial charge in [-0.25, -0.2) is 14.8 Å². The first-order valence-electron chi connectivity index (χ1n) is 6.19. The van der Waals surface area contributed by atoms with Crippen molar-refractivity contribution in [2.45, 2.75) is 19.8 Å². The Morgan fingerprint density at radius 2 is 2.15 bits per heavy atom. The van der Waals surface area contributed by atoms with Gasteiger partial charge in [0.05, 0.1) is 6.61 Å². The Balaban J connectivity index is 3.00. The van der Waals surface area contributed by atoms with E-state index in [0.717, 1.165) is 0 Å². The number of hydrogen-bond donors (Lipinski definition) is 2. The van der Waals surface area contributed by atoms with Gasteiger partial charge in [-0.1, -0.05) is 0 Å². The molecule has 0 fully saturated rings. The summed E-state index contributed by atoms with van der Waals surface area (Å²) in [5.74, 6) is -0.133. The predicted octanol–water partition coefficient (Wildman–Crippen LogP) is 1.65. The number of carbonyl (C=O) groups excluding carboxylic acids is 2. The van der Waals surface area contributed by atoms with Crippen LogP contribution in [-0.2, 0) is 9.53 Å². The molecule has 110 valence electrons. The monoisotopic (exact) mass is 300 g/mol. The van der Waals surface area contributed by atoms with Crippen LogP contribution in [0, 0.1) is 0 Å². The van der Waals surface area contributed by atoms with Gasteiger partial charge in [0.25, 0.3) is 0 Å². The number of carbonyl (C=O) groups is 2. The molecule has 7 nitrogen and oxygen atoms in total. The third-order valence-corrected chi connectivity index (χ3v) is 2.62. The first-order valence-corrected chi connectivity index (χ1v) is 6.73. The Labute approximate surface area is 122 Å². The molecule has 1 aromatic heterocycles. The van der Waals surface area contributed by atoms with E-state index in [9.17, 15) is 9.59 Å². The summed E-state index contributed by atoms with van der Waals surface area (Å²) in [7, 11) is 1.63. The highest BCUT2D eigenvalue weighted by atomic mass is 35.5. The van der Waals surface area contributed by atoms with E-state index in [1.807, 2.05) is 0 Å². The summed E-state index contributed by atoms with van der Waals surface area (Å²) in [5, 5.41) is 5.41. The number of esters is 1. The van der Waals surface area contributed by atoms with Gasteiger partial charge in [0, 0.05) is 19.3 Å². The zero-order valence-electron chi connectivity index (χ0n) is 11.4. The molecule has 0 aliphatic carbocycles. The van der Waals surface area contributed by atoms with E-state index in [1.165, 1.54) is 6.33 Å². The number of rotatable bonds is 7. The molecule has 1 rings (SSSR count). The average Bonchev–Trinajstić information content (AvgIpc) is 2.45. The van der Waals surface area contributed by atoms with Crippen LogP contribution < -0.4 is 10.6 Å². The third-order valence-electron chi connectivity index (χ3n) is 2.35. The molecule has 8 heteroatoms. The van der Waals surface area contributed by atoms with Gasteiger partial charge < -0.3 is 15.4 Å². The largest absolute Gasteiger partial charge is 0.461 e. The van der Waals surface area contributed by atoms with Crippen LogP contribution in [0.5, 0.6) is 0 Å². The van der Waals surface area contributed by atoms with Crippen LogP contribution in [-0.4, -0.2) is 41.4 Å². The topological polar surface area (TPSA) is 93.2 Å². The molecular weight excluding hydrogens is 284 g/mol. The maximum absolute atomic E-state index is 11.8. The van der Waals surface area contributed by atoms with Gasteiger partial charge in [-0.2, -0.15) is 0 Å². The number of amides is 1. The molecule has 1 heterocycles. The average molecular weight is 301 g/mol. The molecule has 0 aliphatic rings. The fraction of sp³-hybridized carbons (Fsp3) is 0.500.